The molecule has 0 unspecified atom stereocenters. The zero-order valence-corrected chi connectivity index (χ0v) is 13.0. The second-order valence-electron chi connectivity index (χ2n) is 5.94. The summed E-state index contributed by atoms with van der Waals surface area (Å²) in [5, 5.41) is 14.1. The van der Waals surface area contributed by atoms with Crippen molar-refractivity contribution in [1.82, 2.24) is 0 Å². The monoisotopic (exact) mass is 326 g/mol. The topological polar surface area (TPSA) is 71.0 Å². The van der Waals surface area contributed by atoms with Crippen LogP contribution >= 0.6 is 0 Å². The molecule has 6 heteroatoms. The van der Waals surface area contributed by atoms with Crippen LogP contribution in [0.2, 0.25) is 0 Å². The predicted octanol–water partition coefficient (Wildman–Crippen LogP) is 2.21. The van der Waals surface area contributed by atoms with Crippen LogP contribution < -0.4 is 10.2 Å². The van der Waals surface area contributed by atoms with Crippen molar-refractivity contribution in [2.24, 2.45) is 0 Å². The predicted molar refractivity (Wildman–Crippen MR) is 88.8 cm³/mol. The van der Waals surface area contributed by atoms with Crippen LogP contribution in [-0.4, -0.2) is 42.3 Å². The minimum absolute atomic E-state index is 0.00510. The number of hydrogen-bond acceptors (Lipinski definition) is 5. The maximum absolute atomic E-state index is 12.2. The average Bonchev–Trinajstić information content (AvgIpc) is 3.12. The smallest absolute Gasteiger partial charge is 0.417 e. The van der Waals surface area contributed by atoms with E-state index in [-0.39, 0.29) is 19.3 Å². The standard InChI is InChI=1S/C18H18N2O4/c21-16-15(19-13-7-3-1-4-8-13)11-24-18(16)12-23-17(22)20(18)14-9-5-2-6-10-14/h1-10,15-16,19,21H,11-12H2/t15-,16+,18+/m0/s1. The molecule has 0 aromatic heterocycles. The summed E-state index contributed by atoms with van der Waals surface area (Å²) in [5.74, 6) is 0. The van der Waals surface area contributed by atoms with Gasteiger partial charge in [-0.15, -0.1) is 0 Å². The first-order valence-electron chi connectivity index (χ1n) is 7.86. The Morgan fingerprint density at radius 1 is 1.08 bits per heavy atom. The minimum Gasteiger partial charge on any atom is -0.444 e. The molecular formula is C18H18N2O4. The van der Waals surface area contributed by atoms with Crippen LogP contribution in [0.4, 0.5) is 16.2 Å². The van der Waals surface area contributed by atoms with Crippen molar-refractivity contribution < 1.29 is 19.4 Å². The third-order valence-corrected chi connectivity index (χ3v) is 4.46. The van der Waals surface area contributed by atoms with Crippen molar-refractivity contribution in [3.8, 4) is 0 Å². The van der Waals surface area contributed by atoms with Gasteiger partial charge in [-0.2, -0.15) is 0 Å². The number of aliphatic hydroxyl groups is 1. The lowest BCUT2D eigenvalue weighted by molar-refractivity contribution is -0.0583. The van der Waals surface area contributed by atoms with Crippen LogP contribution in [0.1, 0.15) is 0 Å². The van der Waals surface area contributed by atoms with E-state index in [1.54, 1.807) is 12.1 Å². The molecule has 6 nitrogen and oxygen atoms in total. The van der Waals surface area contributed by atoms with E-state index in [2.05, 4.69) is 5.32 Å². The SMILES string of the molecule is O=C1OC[C@]2(OC[C@H](Nc3ccccc3)[C@H]2O)N1c1ccccc1. The quantitative estimate of drug-likeness (QED) is 0.905. The van der Waals surface area contributed by atoms with E-state index < -0.39 is 17.9 Å². The number of aliphatic hydroxyl groups excluding tert-OH is 1. The van der Waals surface area contributed by atoms with E-state index in [1.165, 1.54) is 4.90 Å². The summed E-state index contributed by atoms with van der Waals surface area (Å²) in [6.45, 7) is 0.269. The molecule has 1 spiro atoms. The van der Waals surface area contributed by atoms with Crippen molar-refractivity contribution in [3.63, 3.8) is 0 Å². The number of rotatable bonds is 3. The second-order valence-corrected chi connectivity index (χ2v) is 5.94. The number of carbonyl (C=O) groups excluding carboxylic acids is 1. The molecule has 0 bridgehead atoms. The molecule has 2 saturated heterocycles. The number of nitrogens with zero attached hydrogens (tertiary/aromatic N) is 1. The summed E-state index contributed by atoms with van der Waals surface area (Å²) < 4.78 is 11.1. The summed E-state index contributed by atoms with van der Waals surface area (Å²) >= 11 is 0. The number of ether oxygens (including phenoxy) is 2. The van der Waals surface area contributed by atoms with Crippen molar-refractivity contribution in [2.45, 2.75) is 17.9 Å². The molecule has 2 N–H and O–H groups in total. The van der Waals surface area contributed by atoms with E-state index in [1.807, 2.05) is 48.5 Å². The third kappa shape index (κ3) is 2.31. The molecule has 2 aromatic carbocycles. The van der Waals surface area contributed by atoms with Crippen LogP contribution in [-0.2, 0) is 9.47 Å². The number of amides is 1. The molecule has 2 aliphatic heterocycles. The maximum Gasteiger partial charge on any atom is 0.417 e. The zero-order valence-electron chi connectivity index (χ0n) is 13.0. The Kier molecular flexibility index (Phi) is 3.63. The summed E-state index contributed by atoms with van der Waals surface area (Å²) in [5.41, 5.74) is 0.323. The largest absolute Gasteiger partial charge is 0.444 e. The minimum atomic E-state index is -1.20. The fourth-order valence-corrected chi connectivity index (χ4v) is 3.27. The summed E-state index contributed by atoms with van der Waals surface area (Å²) in [4.78, 5) is 13.6. The Hall–Kier alpha value is -2.57. The van der Waals surface area contributed by atoms with E-state index in [9.17, 15) is 9.90 Å². The number of para-hydroxylation sites is 2. The highest BCUT2D eigenvalue weighted by molar-refractivity contribution is 5.91. The molecule has 1 amide bonds. The van der Waals surface area contributed by atoms with Crippen molar-refractivity contribution in [2.75, 3.05) is 23.4 Å². The molecule has 4 rings (SSSR count). The number of anilines is 2. The molecule has 24 heavy (non-hydrogen) atoms. The lowest BCUT2D eigenvalue weighted by Gasteiger charge is -2.34. The van der Waals surface area contributed by atoms with Gasteiger partial charge in [-0.3, -0.25) is 0 Å². The Labute approximate surface area is 139 Å². The Balaban J connectivity index is 1.61. The van der Waals surface area contributed by atoms with Gasteiger partial charge in [0.05, 0.1) is 18.3 Å². The lowest BCUT2D eigenvalue weighted by Crippen LogP contribution is -2.57. The molecule has 2 aliphatic rings. The van der Waals surface area contributed by atoms with Crippen LogP contribution in [0.25, 0.3) is 0 Å². The molecule has 2 aromatic rings. The van der Waals surface area contributed by atoms with Crippen LogP contribution in [0.3, 0.4) is 0 Å². The molecular weight excluding hydrogens is 308 g/mol. The number of cyclic esters (lactones) is 1. The second kappa shape index (κ2) is 5.81. The number of nitrogens with one attached hydrogen (secondary N) is 1. The van der Waals surface area contributed by atoms with Gasteiger partial charge in [0.25, 0.3) is 0 Å². The van der Waals surface area contributed by atoms with Crippen molar-refractivity contribution in [1.29, 1.82) is 0 Å². The Morgan fingerprint density at radius 2 is 1.75 bits per heavy atom. The van der Waals surface area contributed by atoms with Crippen LogP contribution in [0.5, 0.6) is 0 Å². The van der Waals surface area contributed by atoms with E-state index in [0.29, 0.717) is 5.69 Å². The van der Waals surface area contributed by atoms with Crippen molar-refractivity contribution in [3.05, 3.63) is 60.7 Å². The maximum atomic E-state index is 12.2. The molecule has 124 valence electrons. The first kappa shape index (κ1) is 15.0. The van der Waals surface area contributed by atoms with Gasteiger partial charge in [0.2, 0.25) is 5.72 Å². The fourth-order valence-electron chi connectivity index (χ4n) is 3.27. The van der Waals surface area contributed by atoms with E-state index in [4.69, 9.17) is 9.47 Å². The summed E-state index contributed by atoms with van der Waals surface area (Å²) in [6.07, 6.45) is -1.44. The molecule has 3 atom stereocenters. The highest BCUT2D eigenvalue weighted by Crippen LogP contribution is 2.39. The van der Waals surface area contributed by atoms with Crippen LogP contribution in [0, 0.1) is 0 Å². The first-order valence-corrected chi connectivity index (χ1v) is 7.86. The van der Waals surface area contributed by atoms with Crippen LogP contribution in [0.15, 0.2) is 60.7 Å². The third-order valence-electron chi connectivity index (χ3n) is 4.46. The van der Waals surface area contributed by atoms with Gasteiger partial charge >= 0.3 is 6.09 Å². The highest BCUT2D eigenvalue weighted by Gasteiger charge is 2.60. The van der Waals surface area contributed by atoms with E-state index >= 15 is 0 Å². The number of carbonyl (C=O) groups is 1. The molecule has 2 fully saturated rings. The number of benzene rings is 2. The van der Waals surface area contributed by atoms with Gasteiger partial charge in [-0.05, 0) is 24.3 Å². The van der Waals surface area contributed by atoms with Gasteiger partial charge in [0, 0.05) is 5.69 Å². The Bertz CT molecular complexity index is 724. The summed E-state index contributed by atoms with van der Waals surface area (Å²) in [7, 11) is 0. The molecule has 0 aliphatic carbocycles. The highest BCUT2D eigenvalue weighted by atomic mass is 16.6. The summed E-state index contributed by atoms with van der Waals surface area (Å²) in [6, 6.07) is 18.4. The molecule has 0 saturated carbocycles. The van der Waals surface area contributed by atoms with Gasteiger partial charge in [0.1, 0.15) is 12.7 Å². The van der Waals surface area contributed by atoms with Gasteiger partial charge in [-0.25, -0.2) is 9.69 Å². The molecule has 0 radical (unpaired) electrons. The first-order chi connectivity index (χ1) is 11.7. The van der Waals surface area contributed by atoms with Gasteiger partial charge < -0.3 is 19.9 Å². The lowest BCUT2D eigenvalue weighted by atomic mass is 10.0. The normalized spacial score (nSPS) is 29.0. The average molecular weight is 326 g/mol. The Morgan fingerprint density at radius 3 is 2.46 bits per heavy atom. The van der Waals surface area contributed by atoms with E-state index in [0.717, 1.165) is 5.69 Å². The number of hydrogen-bond donors (Lipinski definition) is 2. The molecule has 2 heterocycles. The van der Waals surface area contributed by atoms with Gasteiger partial charge in [0.15, 0.2) is 0 Å². The zero-order chi connectivity index (χ0) is 16.6. The fraction of sp³-hybridized carbons (Fsp3) is 0.278. The van der Waals surface area contributed by atoms with Gasteiger partial charge in [-0.1, -0.05) is 36.4 Å². The van der Waals surface area contributed by atoms with Crippen molar-refractivity contribution >= 4 is 17.5 Å².